The fourth-order valence-electron chi connectivity index (χ4n) is 18.8. The van der Waals surface area contributed by atoms with Crippen molar-refractivity contribution in [2.45, 2.75) is 25.9 Å². The minimum absolute atomic E-state index is 0.0129. The number of Topliss-reactive ketones (excluding diaryl/α,β-unsaturated/α-hetero) is 2. The minimum atomic E-state index is -0.178. The summed E-state index contributed by atoms with van der Waals surface area (Å²) in [6, 6.07) is 152. The molecule has 2 atom stereocenters. The van der Waals surface area contributed by atoms with Gasteiger partial charge in [0.2, 0.25) is 0 Å². The van der Waals surface area contributed by atoms with Gasteiger partial charge in [-0.25, -0.2) is 19.9 Å². The lowest BCUT2D eigenvalue weighted by molar-refractivity contribution is 0.100. The molecule has 0 fully saturated rings. The first-order valence-corrected chi connectivity index (χ1v) is 49.5. The lowest BCUT2D eigenvalue weighted by Gasteiger charge is -2.23. The Kier molecular flexibility index (Phi) is 26.2. The molecule has 2 N–H and O–H groups in total. The van der Waals surface area contributed by atoms with Gasteiger partial charge < -0.3 is 28.3 Å². The van der Waals surface area contributed by atoms with Crippen LogP contribution in [0, 0.1) is 0 Å². The van der Waals surface area contributed by atoms with Crippen LogP contribution in [0.15, 0.2) is 513 Å². The summed E-state index contributed by atoms with van der Waals surface area (Å²) >= 11 is 0. The standard InChI is InChI=1S/C44H32N4O.C44H28N4O.C30H20O3.C16H12O3/c2*1-5-13-29(14-6-1)37-27-39(47-43(45-37)31-17-9-3-10-18-31)33-21-23-41-35(25-33)36-26-34(22-24-42(36)49-41)40-28-38(30-15-7-2-8-16-30)46-44(48-40)32-19-11-4-12-20-32;31-27(15-11-21-7-3-1-4-8-21)23-13-17-29-25(19-23)26-20-24(14-18-30(26)33-29)28(32)16-12-22-9-5-2-6-10-22;1-9(17)11-3-5-15-13(7-11)14-8-12(10(2)18)4-6-16(14)19-15/h1-28,37,40H,(H,45,47)(H,46,48);1-28H;1-20H;3-8H,1-2H3/b;;15-11+,16-12+;. The van der Waals surface area contributed by atoms with Crippen LogP contribution in [-0.2, 0) is 0 Å². The van der Waals surface area contributed by atoms with Gasteiger partial charge in [-0.05, 0) is 223 Å². The van der Waals surface area contributed by atoms with Crippen molar-refractivity contribution in [2.24, 2.45) is 9.98 Å². The highest BCUT2D eigenvalue weighted by atomic mass is 16.3. The normalized spacial score (nSPS) is 13.3. The largest absolute Gasteiger partial charge is 0.456 e. The van der Waals surface area contributed by atoms with Gasteiger partial charge in [0.25, 0.3) is 0 Å². The number of nitrogens with one attached hydrogen (secondary N) is 2. The fraction of sp³-hybridized carbons (Fsp3) is 0.0299. The highest BCUT2D eigenvalue weighted by Crippen LogP contribution is 2.42. The smallest absolute Gasteiger partial charge is 0.185 e. The van der Waals surface area contributed by atoms with Crippen molar-refractivity contribution < 1.29 is 36.8 Å². The average molecular weight is 1940 g/mol. The summed E-state index contributed by atoms with van der Waals surface area (Å²) in [7, 11) is 0. The maximum Gasteiger partial charge on any atom is 0.185 e. The number of amidine groups is 2. The molecule has 0 saturated heterocycles. The first-order valence-electron chi connectivity index (χ1n) is 49.5. The molecule has 0 amide bonds. The molecular formula is C134H92N8O8. The van der Waals surface area contributed by atoms with E-state index in [0.29, 0.717) is 45.1 Å². The summed E-state index contributed by atoms with van der Waals surface area (Å²) < 4.78 is 24.3. The van der Waals surface area contributed by atoms with Crippen molar-refractivity contribution in [3.63, 3.8) is 0 Å². The average Bonchev–Trinajstić information content (AvgIpc) is 1.66. The van der Waals surface area contributed by atoms with Gasteiger partial charge in [-0.15, -0.1) is 0 Å². The monoisotopic (exact) mass is 1940 g/mol. The third-order valence-corrected chi connectivity index (χ3v) is 26.6. The number of hydrogen-bond acceptors (Lipinski definition) is 16. The van der Waals surface area contributed by atoms with Crippen LogP contribution in [0.25, 0.3) is 179 Å². The number of furan rings is 4. The van der Waals surface area contributed by atoms with Crippen LogP contribution in [-0.4, -0.2) is 54.7 Å². The Labute approximate surface area is 863 Å². The van der Waals surface area contributed by atoms with Gasteiger partial charge in [-0.2, -0.15) is 0 Å². The maximum atomic E-state index is 12.7. The Hall–Kier alpha value is -20.1. The van der Waals surface area contributed by atoms with E-state index in [1.807, 2.05) is 243 Å². The van der Waals surface area contributed by atoms with E-state index in [2.05, 4.69) is 193 Å². The second-order valence-electron chi connectivity index (χ2n) is 36.6. The van der Waals surface area contributed by atoms with E-state index in [1.165, 1.54) is 13.8 Å². The maximum absolute atomic E-state index is 12.7. The topological polar surface area (TPSA) is 221 Å². The van der Waals surface area contributed by atoms with Gasteiger partial charge in [0.1, 0.15) is 56.3 Å². The number of aliphatic imine (C=N–C) groups is 2. The highest BCUT2D eigenvalue weighted by molar-refractivity contribution is 6.17. The number of carbonyl (C=O) groups excluding carboxylic acids is 4. The molecule has 0 saturated carbocycles. The number of allylic oxidation sites excluding steroid dienone is 2. The molecule has 716 valence electrons. The summed E-state index contributed by atoms with van der Waals surface area (Å²) in [6.45, 7) is 3.06. The molecular weight excluding hydrogens is 1850 g/mol. The van der Waals surface area contributed by atoms with E-state index < -0.39 is 0 Å². The van der Waals surface area contributed by atoms with Crippen LogP contribution in [0.1, 0.15) is 112 Å². The van der Waals surface area contributed by atoms with Crippen LogP contribution in [0.4, 0.5) is 0 Å². The van der Waals surface area contributed by atoms with Gasteiger partial charge in [0.05, 0.1) is 34.9 Å². The number of carbonyl (C=O) groups is 4. The lowest BCUT2D eigenvalue weighted by atomic mass is 9.98. The number of benzene rings is 18. The Morgan fingerprint density at radius 1 is 0.233 bits per heavy atom. The molecule has 16 nitrogen and oxygen atoms in total. The lowest BCUT2D eigenvalue weighted by Crippen LogP contribution is -2.27. The molecule has 24 aromatic rings. The molecule has 2 aliphatic heterocycles. The third-order valence-electron chi connectivity index (χ3n) is 26.6. The number of aromatic nitrogens is 4. The van der Waals surface area contributed by atoms with E-state index in [-0.39, 0.29) is 35.2 Å². The first kappa shape index (κ1) is 93.5. The van der Waals surface area contributed by atoms with Crippen LogP contribution in [0.3, 0.4) is 0 Å². The summed E-state index contributed by atoms with van der Waals surface area (Å²) in [5.74, 6) is 2.92. The zero-order chi connectivity index (χ0) is 101. The van der Waals surface area contributed by atoms with Crippen molar-refractivity contribution in [1.29, 1.82) is 0 Å². The van der Waals surface area contributed by atoms with E-state index in [1.54, 1.807) is 72.8 Å². The van der Waals surface area contributed by atoms with Gasteiger partial charge in [0, 0.05) is 121 Å². The van der Waals surface area contributed by atoms with Gasteiger partial charge in [-0.1, -0.05) is 322 Å². The van der Waals surface area contributed by atoms with E-state index in [0.717, 1.165) is 200 Å². The van der Waals surface area contributed by atoms with Crippen molar-refractivity contribution in [3.8, 4) is 67.8 Å². The molecule has 0 radical (unpaired) electrons. The van der Waals surface area contributed by atoms with Gasteiger partial charge in [0.15, 0.2) is 34.8 Å². The fourth-order valence-corrected chi connectivity index (χ4v) is 18.8. The highest BCUT2D eigenvalue weighted by Gasteiger charge is 2.26. The minimum Gasteiger partial charge on any atom is -0.456 e. The van der Waals surface area contributed by atoms with Crippen molar-refractivity contribution >= 4 is 146 Å². The number of nitrogens with zero attached hydrogens (tertiary/aromatic N) is 6. The Morgan fingerprint density at radius 2 is 0.500 bits per heavy atom. The molecule has 0 aliphatic carbocycles. The predicted molar refractivity (Wildman–Crippen MR) is 605 cm³/mol. The van der Waals surface area contributed by atoms with Crippen LogP contribution in [0.5, 0.6) is 0 Å². The predicted octanol–water partition coefficient (Wildman–Crippen LogP) is 32.4. The summed E-state index contributed by atoms with van der Waals surface area (Å²) in [6.07, 6.45) is 11.2. The van der Waals surface area contributed by atoms with Crippen LogP contribution < -0.4 is 10.6 Å². The molecule has 2 aliphatic rings. The first-order chi connectivity index (χ1) is 73.7. The summed E-state index contributed by atoms with van der Waals surface area (Å²) in [5.41, 5.74) is 28.5. The van der Waals surface area contributed by atoms with E-state index in [4.69, 9.17) is 47.6 Å². The Bertz CT molecular complexity index is 8920. The number of ketones is 4. The van der Waals surface area contributed by atoms with Crippen molar-refractivity contribution in [3.05, 3.63) is 552 Å². The summed E-state index contributed by atoms with van der Waals surface area (Å²) in [5, 5.41) is 14.7. The van der Waals surface area contributed by atoms with Crippen molar-refractivity contribution in [2.75, 3.05) is 0 Å². The second kappa shape index (κ2) is 42.1. The number of fused-ring (bicyclic) bond motifs is 12. The molecule has 16 heteroatoms. The van der Waals surface area contributed by atoms with E-state index >= 15 is 0 Å². The molecule has 2 unspecified atom stereocenters. The zero-order valence-corrected chi connectivity index (χ0v) is 81.4. The zero-order valence-electron chi connectivity index (χ0n) is 81.4. The molecule has 6 aromatic heterocycles. The molecule has 18 aromatic carbocycles. The Balaban J connectivity index is 0.000000115. The van der Waals surface area contributed by atoms with Gasteiger partial charge >= 0.3 is 0 Å². The molecule has 150 heavy (non-hydrogen) atoms. The Morgan fingerprint density at radius 3 is 0.867 bits per heavy atom. The van der Waals surface area contributed by atoms with E-state index in [9.17, 15) is 19.2 Å². The summed E-state index contributed by atoms with van der Waals surface area (Å²) in [4.78, 5) is 78.7. The quantitative estimate of drug-likeness (QED) is 0.0535. The molecule has 0 spiro atoms. The van der Waals surface area contributed by atoms with Gasteiger partial charge in [-0.3, -0.25) is 29.2 Å². The van der Waals surface area contributed by atoms with Crippen molar-refractivity contribution in [1.82, 2.24) is 30.6 Å². The molecule has 0 bridgehead atoms. The molecule has 26 rings (SSSR count). The van der Waals surface area contributed by atoms with Crippen LogP contribution in [0.2, 0.25) is 0 Å². The second-order valence-corrected chi connectivity index (χ2v) is 36.6. The number of rotatable bonds is 20. The third kappa shape index (κ3) is 20.4. The SMILES string of the molecule is C1=C(c2ccc3oc4ccc(C5C=C(c6ccccc6)NC(c6ccccc6)=N5)cc4c3c2)NC(c2ccccc2)=NC1c1ccccc1.CC(=O)c1ccc2oc3ccc(C(C)=O)cc3c2c1.O=C(/C=C/c1ccccc1)c1ccc2oc3ccc(C(=O)/C=C/c4ccccc4)cc3c2c1.c1ccc(-c2cc(-c3ccc4oc5ccc(-c6cc(-c7ccccc7)nc(-c7ccccc7)n6)cc5c4c3)nc(-c3ccccc3)n2)cc1. The molecule has 8 heterocycles. The van der Waals surface area contributed by atoms with Crippen LogP contribution >= 0.6 is 0 Å². The number of hydrogen-bond donors (Lipinski definition) is 2.